The number of halogens is 2. The minimum absolute atomic E-state index is 0.260. The van der Waals surface area contributed by atoms with E-state index >= 15 is 0 Å². The highest BCUT2D eigenvalue weighted by atomic mass is 35.5. The monoisotopic (exact) mass is 251 g/mol. The molecule has 0 heterocycles. The van der Waals surface area contributed by atoms with E-state index in [1.54, 1.807) is 12.1 Å². The van der Waals surface area contributed by atoms with Crippen LogP contribution in [0.2, 0.25) is 5.02 Å². The molecule has 0 atom stereocenters. The lowest BCUT2D eigenvalue weighted by Crippen LogP contribution is -1.93. The predicted octanol–water partition coefficient (Wildman–Crippen LogP) is 4.16. The highest BCUT2D eigenvalue weighted by molar-refractivity contribution is 6.32. The normalized spacial score (nSPS) is 10.3. The summed E-state index contributed by atoms with van der Waals surface area (Å²) in [6.45, 7) is 1.92. The Kier molecular flexibility index (Phi) is 3.20. The molecule has 2 aromatic rings. The summed E-state index contributed by atoms with van der Waals surface area (Å²) in [6.07, 6.45) is 0. The van der Waals surface area contributed by atoms with Crippen molar-refractivity contribution in [1.82, 2.24) is 0 Å². The maximum atomic E-state index is 13.0. The molecule has 88 valence electrons. The molecule has 0 saturated heterocycles. The van der Waals surface area contributed by atoms with Crippen molar-refractivity contribution >= 4 is 17.3 Å². The Hall–Kier alpha value is -1.74. The number of nitrogens with two attached hydrogens (primary N) is 1. The standard InChI is InChI=1S/C13H11ClFNO/c1-8-2-5-12(10(14)6-8)17-13-7-9(15)3-4-11(13)16/h2-7H,16H2,1H3. The zero-order valence-electron chi connectivity index (χ0n) is 9.21. The number of hydrogen-bond acceptors (Lipinski definition) is 2. The lowest BCUT2D eigenvalue weighted by atomic mass is 10.2. The molecule has 0 aromatic heterocycles. The van der Waals surface area contributed by atoms with Crippen LogP contribution in [0.3, 0.4) is 0 Å². The summed E-state index contributed by atoms with van der Waals surface area (Å²) in [6, 6.07) is 9.31. The number of rotatable bonds is 2. The van der Waals surface area contributed by atoms with Gasteiger partial charge in [0.1, 0.15) is 11.6 Å². The molecule has 17 heavy (non-hydrogen) atoms. The highest BCUT2D eigenvalue weighted by Gasteiger charge is 2.07. The summed E-state index contributed by atoms with van der Waals surface area (Å²) >= 11 is 6.01. The zero-order valence-corrected chi connectivity index (χ0v) is 9.96. The van der Waals surface area contributed by atoms with Crippen LogP contribution in [0.15, 0.2) is 36.4 Å². The first-order chi connectivity index (χ1) is 8.06. The minimum Gasteiger partial charge on any atom is -0.454 e. The first kappa shape index (κ1) is 11.7. The largest absolute Gasteiger partial charge is 0.454 e. The van der Waals surface area contributed by atoms with Crippen LogP contribution in [-0.2, 0) is 0 Å². The zero-order chi connectivity index (χ0) is 12.4. The van der Waals surface area contributed by atoms with E-state index in [9.17, 15) is 4.39 Å². The molecule has 0 radical (unpaired) electrons. The second kappa shape index (κ2) is 4.63. The van der Waals surface area contributed by atoms with Crippen LogP contribution in [0, 0.1) is 12.7 Å². The molecule has 0 amide bonds. The number of benzene rings is 2. The van der Waals surface area contributed by atoms with Gasteiger partial charge in [0.2, 0.25) is 0 Å². The number of anilines is 1. The summed E-state index contributed by atoms with van der Waals surface area (Å²) in [5, 5.41) is 0.466. The van der Waals surface area contributed by atoms with Gasteiger partial charge in [-0.05, 0) is 36.8 Å². The van der Waals surface area contributed by atoms with Gasteiger partial charge in [-0.1, -0.05) is 17.7 Å². The summed E-state index contributed by atoms with van der Waals surface area (Å²) in [7, 11) is 0. The van der Waals surface area contributed by atoms with Crippen LogP contribution in [0.4, 0.5) is 10.1 Å². The molecule has 0 aliphatic carbocycles. The molecule has 0 unspecified atom stereocenters. The van der Waals surface area contributed by atoms with Crippen molar-refractivity contribution in [3.63, 3.8) is 0 Å². The fourth-order valence-electron chi connectivity index (χ4n) is 1.40. The molecule has 2 N–H and O–H groups in total. The lowest BCUT2D eigenvalue weighted by Gasteiger charge is -2.10. The third kappa shape index (κ3) is 2.68. The molecule has 4 heteroatoms. The van der Waals surface area contributed by atoms with E-state index < -0.39 is 5.82 Å². The maximum absolute atomic E-state index is 13.0. The quantitative estimate of drug-likeness (QED) is 0.814. The average molecular weight is 252 g/mol. The second-order valence-electron chi connectivity index (χ2n) is 3.72. The van der Waals surface area contributed by atoms with Gasteiger partial charge >= 0.3 is 0 Å². The molecule has 0 bridgehead atoms. The van der Waals surface area contributed by atoms with Crippen molar-refractivity contribution in [3.8, 4) is 11.5 Å². The Morgan fingerprint density at radius 3 is 2.59 bits per heavy atom. The van der Waals surface area contributed by atoms with E-state index in [-0.39, 0.29) is 5.75 Å². The first-order valence-corrected chi connectivity index (χ1v) is 5.43. The van der Waals surface area contributed by atoms with E-state index in [1.165, 1.54) is 18.2 Å². The SMILES string of the molecule is Cc1ccc(Oc2cc(F)ccc2N)c(Cl)c1. The third-order valence-corrected chi connectivity index (χ3v) is 2.58. The molecule has 0 aliphatic heterocycles. The van der Waals surface area contributed by atoms with Gasteiger partial charge in [-0.15, -0.1) is 0 Å². The van der Waals surface area contributed by atoms with Crippen LogP contribution in [0.25, 0.3) is 0 Å². The Morgan fingerprint density at radius 1 is 1.12 bits per heavy atom. The van der Waals surface area contributed by atoms with Crippen molar-refractivity contribution in [2.45, 2.75) is 6.92 Å². The van der Waals surface area contributed by atoms with E-state index in [4.69, 9.17) is 22.1 Å². The number of nitrogen functional groups attached to an aromatic ring is 1. The summed E-state index contributed by atoms with van der Waals surface area (Å²) in [5.41, 5.74) is 7.07. The van der Waals surface area contributed by atoms with Gasteiger partial charge < -0.3 is 10.5 Å². The van der Waals surface area contributed by atoms with Gasteiger partial charge in [0.05, 0.1) is 10.7 Å². The molecule has 0 saturated carbocycles. The van der Waals surface area contributed by atoms with Gasteiger partial charge in [-0.25, -0.2) is 4.39 Å². The Bertz CT molecular complexity index is 557. The van der Waals surface area contributed by atoms with E-state index in [2.05, 4.69) is 0 Å². The van der Waals surface area contributed by atoms with Gasteiger partial charge in [-0.2, -0.15) is 0 Å². The second-order valence-corrected chi connectivity index (χ2v) is 4.13. The molecule has 2 nitrogen and oxygen atoms in total. The third-order valence-electron chi connectivity index (χ3n) is 2.28. The smallest absolute Gasteiger partial charge is 0.153 e. The fourth-order valence-corrected chi connectivity index (χ4v) is 1.68. The van der Waals surface area contributed by atoms with Crippen LogP contribution < -0.4 is 10.5 Å². The average Bonchev–Trinajstić information content (AvgIpc) is 2.27. The van der Waals surface area contributed by atoms with E-state index in [1.807, 2.05) is 13.0 Å². The Labute approximate surface area is 104 Å². The minimum atomic E-state index is -0.405. The fraction of sp³-hybridized carbons (Fsp3) is 0.0769. The van der Waals surface area contributed by atoms with Gasteiger partial charge in [-0.3, -0.25) is 0 Å². The Morgan fingerprint density at radius 2 is 1.88 bits per heavy atom. The van der Waals surface area contributed by atoms with E-state index in [0.29, 0.717) is 16.5 Å². The maximum Gasteiger partial charge on any atom is 0.153 e. The molecule has 0 spiro atoms. The highest BCUT2D eigenvalue weighted by Crippen LogP contribution is 2.33. The first-order valence-electron chi connectivity index (χ1n) is 5.05. The number of hydrogen-bond donors (Lipinski definition) is 1. The summed E-state index contributed by atoms with van der Waals surface area (Å²) in [5.74, 6) is 0.308. The topological polar surface area (TPSA) is 35.2 Å². The predicted molar refractivity (Wildman–Crippen MR) is 67.1 cm³/mol. The van der Waals surface area contributed by atoms with Crippen LogP contribution in [-0.4, -0.2) is 0 Å². The van der Waals surface area contributed by atoms with Gasteiger partial charge in [0.15, 0.2) is 5.75 Å². The van der Waals surface area contributed by atoms with Crippen molar-refractivity contribution in [1.29, 1.82) is 0 Å². The summed E-state index contributed by atoms with van der Waals surface area (Å²) < 4.78 is 18.5. The van der Waals surface area contributed by atoms with Crippen molar-refractivity contribution < 1.29 is 9.13 Å². The molecular weight excluding hydrogens is 241 g/mol. The van der Waals surface area contributed by atoms with Crippen molar-refractivity contribution in [2.75, 3.05) is 5.73 Å². The number of aryl methyl sites for hydroxylation is 1. The van der Waals surface area contributed by atoms with Crippen LogP contribution in [0.5, 0.6) is 11.5 Å². The van der Waals surface area contributed by atoms with Crippen molar-refractivity contribution in [2.24, 2.45) is 0 Å². The molecule has 0 aliphatic rings. The Balaban J connectivity index is 2.34. The van der Waals surface area contributed by atoms with Crippen LogP contribution in [0.1, 0.15) is 5.56 Å². The number of ether oxygens (including phenoxy) is 1. The molecule has 2 aromatic carbocycles. The van der Waals surface area contributed by atoms with Gasteiger partial charge in [0.25, 0.3) is 0 Å². The summed E-state index contributed by atoms with van der Waals surface area (Å²) in [4.78, 5) is 0. The van der Waals surface area contributed by atoms with Crippen molar-refractivity contribution in [3.05, 3.63) is 52.8 Å². The van der Waals surface area contributed by atoms with Crippen LogP contribution >= 0.6 is 11.6 Å². The van der Waals surface area contributed by atoms with Gasteiger partial charge in [0, 0.05) is 6.07 Å². The molecule has 2 rings (SSSR count). The molecule has 0 fully saturated rings. The molecular formula is C13H11ClFNO. The lowest BCUT2D eigenvalue weighted by molar-refractivity contribution is 0.479. The van der Waals surface area contributed by atoms with E-state index in [0.717, 1.165) is 5.56 Å².